The first-order valence-electron chi connectivity index (χ1n) is 8.07. The first kappa shape index (κ1) is 17.7. The molecule has 3 aromatic rings. The van der Waals surface area contributed by atoms with Crippen LogP contribution in [0.3, 0.4) is 0 Å². The van der Waals surface area contributed by atoms with Crippen molar-refractivity contribution < 1.29 is 9.59 Å². The molecule has 0 atom stereocenters. The first-order chi connectivity index (χ1) is 12.5. The number of aryl methyl sites for hydroxylation is 1. The molecule has 0 aromatic heterocycles. The SMILES string of the molecule is Cc1ccccc1NC(=O)c1ccc(C(=O)Nc2cccc(Cl)c2)cc1. The third-order valence-corrected chi connectivity index (χ3v) is 4.12. The number of benzene rings is 3. The van der Waals surface area contributed by atoms with Gasteiger partial charge in [0.2, 0.25) is 0 Å². The summed E-state index contributed by atoms with van der Waals surface area (Å²) in [5.41, 5.74) is 3.30. The van der Waals surface area contributed by atoms with E-state index in [1.54, 1.807) is 48.5 Å². The van der Waals surface area contributed by atoms with Crippen LogP contribution in [0.25, 0.3) is 0 Å². The smallest absolute Gasteiger partial charge is 0.255 e. The van der Waals surface area contributed by atoms with Crippen LogP contribution in [-0.2, 0) is 0 Å². The summed E-state index contributed by atoms with van der Waals surface area (Å²) in [6.07, 6.45) is 0. The number of amides is 2. The van der Waals surface area contributed by atoms with E-state index in [1.165, 1.54) is 0 Å². The van der Waals surface area contributed by atoms with E-state index in [0.29, 0.717) is 21.8 Å². The quantitative estimate of drug-likeness (QED) is 0.672. The van der Waals surface area contributed by atoms with E-state index in [0.717, 1.165) is 11.3 Å². The fourth-order valence-electron chi connectivity index (χ4n) is 2.45. The van der Waals surface area contributed by atoms with Crippen LogP contribution >= 0.6 is 11.6 Å². The highest BCUT2D eigenvalue weighted by Crippen LogP contribution is 2.17. The minimum atomic E-state index is -0.266. The average Bonchev–Trinajstić information content (AvgIpc) is 2.64. The summed E-state index contributed by atoms with van der Waals surface area (Å²) in [5.74, 6) is -0.487. The van der Waals surface area contributed by atoms with Crippen molar-refractivity contribution in [3.05, 3.63) is 94.5 Å². The number of para-hydroxylation sites is 1. The van der Waals surface area contributed by atoms with Gasteiger partial charge in [-0.2, -0.15) is 0 Å². The molecule has 0 aliphatic rings. The molecule has 5 heteroatoms. The Morgan fingerprint density at radius 2 is 1.38 bits per heavy atom. The normalized spacial score (nSPS) is 10.2. The predicted molar refractivity (Wildman–Crippen MR) is 105 cm³/mol. The van der Waals surface area contributed by atoms with Crippen LogP contribution in [0.15, 0.2) is 72.8 Å². The van der Waals surface area contributed by atoms with Crippen LogP contribution in [0.5, 0.6) is 0 Å². The van der Waals surface area contributed by atoms with Crippen molar-refractivity contribution in [2.75, 3.05) is 10.6 Å². The Bertz CT molecular complexity index is 952. The molecule has 0 aliphatic heterocycles. The Morgan fingerprint density at radius 3 is 2.00 bits per heavy atom. The molecule has 0 saturated heterocycles. The second-order valence-corrected chi connectivity index (χ2v) is 6.25. The van der Waals surface area contributed by atoms with Gasteiger partial charge >= 0.3 is 0 Å². The van der Waals surface area contributed by atoms with Crippen molar-refractivity contribution in [3.8, 4) is 0 Å². The van der Waals surface area contributed by atoms with Crippen molar-refractivity contribution in [1.82, 2.24) is 0 Å². The van der Waals surface area contributed by atoms with Crippen molar-refractivity contribution in [3.63, 3.8) is 0 Å². The van der Waals surface area contributed by atoms with Gasteiger partial charge in [0.05, 0.1) is 0 Å². The lowest BCUT2D eigenvalue weighted by Gasteiger charge is -2.09. The molecule has 130 valence electrons. The van der Waals surface area contributed by atoms with Gasteiger partial charge in [-0.15, -0.1) is 0 Å². The molecule has 4 nitrogen and oxygen atoms in total. The van der Waals surface area contributed by atoms with Crippen LogP contribution in [0.4, 0.5) is 11.4 Å². The molecule has 2 amide bonds. The van der Waals surface area contributed by atoms with E-state index in [-0.39, 0.29) is 11.8 Å². The van der Waals surface area contributed by atoms with E-state index in [9.17, 15) is 9.59 Å². The van der Waals surface area contributed by atoms with Crippen LogP contribution < -0.4 is 10.6 Å². The predicted octanol–water partition coefficient (Wildman–Crippen LogP) is 5.15. The number of nitrogens with one attached hydrogen (secondary N) is 2. The Kier molecular flexibility index (Phi) is 5.34. The summed E-state index contributed by atoms with van der Waals surface area (Å²) in [7, 11) is 0. The Labute approximate surface area is 156 Å². The van der Waals surface area contributed by atoms with Crippen molar-refractivity contribution in [1.29, 1.82) is 0 Å². The summed E-state index contributed by atoms with van der Waals surface area (Å²) in [6.45, 7) is 1.93. The summed E-state index contributed by atoms with van der Waals surface area (Å²) < 4.78 is 0. The molecular weight excluding hydrogens is 348 g/mol. The molecule has 0 fully saturated rings. The van der Waals surface area contributed by atoms with Crippen LogP contribution in [0.1, 0.15) is 26.3 Å². The highest BCUT2D eigenvalue weighted by Gasteiger charge is 2.10. The third kappa shape index (κ3) is 4.29. The fourth-order valence-corrected chi connectivity index (χ4v) is 2.64. The molecule has 3 aromatic carbocycles. The highest BCUT2D eigenvalue weighted by molar-refractivity contribution is 6.31. The van der Waals surface area contributed by atoms with Gasteiger partial charge in [0.15, 0.2) is 0 Å². The Morgan fingerprint density at radius 1 is 0.769 bits per heavy atom. The number of carbonyl (C=O) groups excluding carboxylic acids is 2. The number of carbonyl (C=O) groups is 2. The van der Waals surface area contributed by atoms with E-state index >= 15 is 0 Å². The monoisotopic (exact) mass is 364 g/mol. The number of anilines is 2. The zero-order chi connectivity index (χ0) is 18.5. The minimum absolute atomic E-state index is 0.221. The number of rotatable bonds is 4. The lowest BCUT2D eigenvalue weighted by atomic mass is 10.1. The first-order valence-corrected chi connectivity index (χ1v) is 8.45. The lowest BCUT2D eigenvalue weighted by Crippen LogP contribution is -2.14. The summed E-state index contributed by atoms with van der Waals surface area (Å²) in [5, 5.41) is 6.19. The Balaban J connectivity index is 1.68. The molecule has 0 saturated carbocycles. The second kappa shape index (κ2) is 7.85. The van der Waals surface area contributed by atoms with E-state index < -0.39 is 0 Å². The molecule has 0 aliphatic carbocycles. The van der Waals surface area contributed by atoms with Gasteiger partial charge < -0.3 is 10.6 Å². The molecule has 0 spiro atoms. The molecular formula is C21H17ClN2O2. The van der Waals surface area contributed by atoms with Gasteiger partial charge in [0.25, 0.3) is 11.8 Å². The molecule has 0 radical (unpaired) electrons. The molecule has 0 heterocycles. The van der Waals surface area contributed by atoms with E-state index in [2.05, 4.69) is 10.6 Å². The summed E-state index contributed by atoms with van der Waals surface area (Å²) >= 11 is 5.91. The van der Waals surface area contributed by atoms with E-state index in [4.69, 9.17) is 11.6 Å². The van der Waals surface area contributed by atoms with Crippen LogP contribution in [-0.4, -0.2) is 11.8 Å². The topological polar surface area (TPSA) is 58.2 Å². The molecule has 26 heavy (non-hydrogen) atoms. The van der Waals surface area contributed by atoms with Gasteiger partial charge in [-0.05, 0) is 61.0 Å². The number of halogens is 1. The highest BCUT2D eigenvalue weighted by atomic mass is 35.5. The molecule has 0 unspecified atom stereocenters. The largest absolute Gasteiger partial charge is 0.322 e. The van der Waals surface area contributed by atoms with Crippen LogP contribution in [0.2, 0.25) is 5.02 Å². The van der Waals surface area contributed by atoms with Gasteiger partial charge in [-0.3, -0.25) is 9.59 Å². The minimum Gasteiger partial charge on any atom is -0.322 e. The maximum atomic E-state index is 12.3. The van der Waals surface area contributed by atoms with Crippen molar-refractivity contribution in [2.45, 2.75) is 6.92 Å². The second-order valence-electron chi connectivity index (χ2n) is 5.81. The number of hydrogen-bond acceptors (Lipinski definition) is 2. The zero-order valence-electron chi connectivity index (χ0n) is 14.1. The van der Waals surface area contributed by atoms with E-state index in [1.807, 2.05) is 31.2 Å². The molecule has 3 rings (SSSR count). The zero-order valence-corrected chi connectivity index (χ0v) is 14.9. The molecule has 2 N–H and O–H groups in total. The fraction of sp³-hybridized carbons (Fsp3) is 0.0476. The van der Waals surface area contributed by atoms with Crippen molar-refractivity contribution in [2.24, 2.45) is 0 Å². The average molecular weight is 365 g/mol. The molecule has 0 bridgehead atoms. The Hall–Kier alpha value is -3.11. The lowest BCUT2D eigenvalue weighted by molar-refractivity contribution is 0.101. The maximum Gasteiger partial charge on any atom is 0.255 e. The summed E-state index contributed by atoms with van der Waals surface area (Å²) in [4.78, 5) is 24.6. The van der Waals surface area contributed by atoms with Gasteiger partial charge in [-0.1, -0.05) is 35.9 Å². The maximum absolute atomic E-state index is 12.3. The third-order valence-electron chi connectivity index (χ3n) is 3.89. The van der Waals surface area contributed by atoms with Gasteiger partial charge in [0, 0.05) is 27.5 Å². The van der Waals surface area contributed by atoms with Gasteiger partial charge in [-0.25, -0.2) is 0 Å². The summed E-state index contributed by atoms with van der Waals surface area (Å²) in [6, 6.07) is 21.0. The van der Waals surface area contributed by atoms with Crippen LogP contribution in [0, 0.1) is 6.92 Å². The standard InChI is InChI=1S/C21H17ClN2O2/c1-14-5-2-3-8-19(14)24-21(26)16-11-9-15(10-12-16)20(25)23-18-7-4-6-17(22)13-18/h2-13H,1H3,(H,23,25)(H,24,26). The van der Waals surface area contributed by atoms with Crippen molar-refractivity contribution >= 4 is 34.8 Å². The van der Waals surface area contributed by atoms with Gasteiger partial charge in [0.1, 0.15) is 0 Å². The number of hydrogen-bond donors (Lipinski definition) is 2.